The summed E-state index contributed by atoms with van der Waals surface area (Å²) < 4.78 is 0. The van der Waals surface area contributed by atoms with Crippen LogP contribution in [-0.2, 0) is 6.54 Å². The zero-order valence-electron chi connectivity index (χ0n) is 9.05. The molecule has 1 aliphatic carbocycles. The molecule has 2 rings (SSSR count). The van der Waals surface area contributed by atoms with Crippen LogP contribution in [0.1, 0.15) is 29.7 Å². The Balaban J connectivity index is 1.80. The summed E-state index contributed by atoms with van der Waals surface area (Å²) in [6.45, 7) is 3.89. The largest absolute Gasteiger partial charge is 0.310 e. The van der Waals surface area contributed by atoms with Gasteiger partial charge in [-0.1, -0.05) is 6.42 Å². The van der Waals surface area contributed by atoms with Gasteiger partial charge in [-0.25, -0.2) is 0 Å². The molecule has 80 valence electrons. The van der Waals surface area contributed by atoms with E-state index in [9.17, 15) is 0 Å². The highest BCUT2D eigenvalue weighted by atomic mass is 32.1. The van der Waals surface area contributed by atoms with Gasteiger partial charge in [0, 0.05) is 18.0 Å². The lowest BCUT2D eigenvalue weighted by Crippen LogP contribution is -2.38. The van der Waals surface area contributed by atoms with Crippen LogP contribution < -0.4 is 5.32 Å². The maximum Gasteiger partial charge on any atom is 0.0703 e. The van der Waals surface area contributed by atoms with E-state index in [2.05, 4.69) is 29.8 Å². The molecule has 1 fully saturated rings. The number of nitrogens with one attached hydrogen (secondary N) is 1. The quantitative estimate of drug-likeness (QED) is 0.847. The van der Waals surface area contributed by atoms with Gasteiger partial charge >= 0.3 is 0 Å². The standard InChI is InChI=1S/C12H16N2S/c1-10-3-6-15-11(10)7-14-9-12(8-13)4-2-5-12/h3,6,14H,2,4-5,7,9H2,1H3. The zero-order chi connectivity index (χ0) is 10.7. The molecular formula is C12H16N2S. The number of aryl methyl sites for hydroxylation is 1. The fourth-order valence-corrected chi connectivity index (χ4v) is 2.81. The Morgan fingerprint density at radius 3 is 2.87 bits per heavy atom. The van der Waals surface area contributed by atoms with Gasteiger partial charge in [-0.3, -0.25) is 0 Å². The molecule has 0 bridgehead atoms. The molecule has 1 saturated carbocycles. The Labute approximate surface area is 94.9 Å². The lowest BCUT2D eigenvalue weighted by Gasteiger charge is -2.35. The molecule has 0 amide bonds. The van der Waals surface area contributed by atoms with Crippen LogP contribution in [0.2, 0.25) is 0 Å². The Bertz CT molecular complexity index is 371. The third kappa shape index (κ3) is 2.22. The number of nitrogens with zero attached hydrogens (tertiary/aromatic N) is 1. The second-order valence-corrected chi connectivity index (χ2v) is 5.38. The first-order chi connectivity index (χ1) is 7.26. The molecule has 0 saturated heterocycles. The highest BCUT2D eigenvalue weighted by Crippen LogP contribution is 2.39. The minimum absolute atomic E-state index is 0.0504. The maximum absolute atomic E-state index is 9.06. The van der Waals surface area contributed by atoms with Gasteiger partial charge < -0.3 is 5.32 Å². The Hall–Kier alpha value is -0.850. The highest BCUT2D eigenvalue weighted by Gasteiger charge is 2.36. The molecule has 0 radical (unpaired) electrons. The molecule has 2 nitrogen and oxygen atoms in total. The molecule has 0 atom stereocenters. The van der Waals surface area contributed by atoms with Crippen molar-refractivity contribution < 1.29 is 0 Å². The molecule has 1 aliphatic rings. The van der Waals surface area contributed by atoms with Crippen molar-refractivity contribution in [3.63, 3.8) is 0 Å². The SMILES string of the molecule is Cc1ccsc1CNCC1(C#N)CCC1. The summed E-state index contributed by atoms with van der Waals surface area (Å²) in [5.41, 5.74) is 1.30. The Kier molecular flexibility index (Phi) is 3.08. The van der Waals surface area contributed by atoms with Gasteiger partial charge in [0.05, 0.1) is 11.5 Å². The summed E-state index contributed by atoms with van der Waals surface area (Å²) in [6, 6.07) is 4.59. The molecular weight excluding hydrogens is 204 g/mol. The third-order valence-electron chi connectivity index (χ3n) is 3.26. The van der Waals surface area contributed by atoms with Crippen LogP contribution in [0.5, 0.6) is 0 Å². The first-order valence-corrected chi connectivity index (χ1v) is 6.29. The molecule has 0 aromatic carbocycles. The fourth-order valence-electron chi connectivity index (χ4n) is 1.93. The van der Waals surface area contributed by atoms with Crippen LogP contribution in [0.3, 0.4) is 0 Å². The van der Waals surface area contributed by atoms with Crippen LogP contribution in [0.4, 0.5) is 0 Å². The smallest absolute Gasteiger partial charge is 0.0703 e. The van der Waals surface area contributed by atoms with Gasteiger partial charge in [0.2, 0.25) is 0 Å². The average Bonchev–Trinajstić information content (AvgIpc) is 2.57. The third-order valence-corrected chi connectivity index (χ3v) is 4.29. The van der Waals surface area contributed by atoms with Crippen molar-refractivity contribution in [1.29, 1.82) is 5.26 Å². The second kappa shape index (κ2) is 4.34. The number of hydrogen-bond donors (Lipinski definition) is 1. The molecule has 1 aromatic rings. The molecule has 0 aliphatic heterocycles. The van der Waals surface area contributed by atoms with E-state index in [1.54, 1.807) is 11.3 Å². The van der Waals surface area contributed by atoms with Crippen molar-refractivity contribution in [2.75, 3.05) is 6.54 Å². The van der Waals surface area contributed by atoms with Gasteiger partial charge in [0.15, 0.2) is 0 Å². The summed E-state index contributed by atoms with van der Waals surface area (Å²) in [7, 11) is 0. The van der Waals surface area contributed by atoms with Crippen LogP contribution in [-0.4, -0.2) is 6.54 Å². The molecule has 15 heavy (non-hydrogen) atoms. The molecule has 3 heteroatoms. The van der Waals surface area contributed by atoms with E-state index in [-0.39, 0.29) is 5.41 Å². The van der Waals surface area contributed by atoms with Crippen molar-refractivity contribution in [2.24, 2.45) is 5.41 Å². The van der Waals surface area contributed by atoms with Crippen LogP contribution in [0, 0.1) is 23.7 Å². The van der Waals surface area contributed by atoms with Crippen LogP contribution >= 0.6 is 11.3 Å². The van der Waals surface area contributed by atoms with Gasteiger partial charge in [-0.05, 0) is 36.8 Å². The van der Waals surface area contributed by atoms with Crippen molar-refractivity contribution >= 4 is 11.3 Å². The Morgan fingerprint density at radius 2 is 2.40 bits per heavy atom. The zero-order valence-corrected chi connectivity index (χ0v) is 9.86. The summed E-state index contributed by atoms with van der Waals surface area (Å²) in [5, 5.41) is 14.6. The molecule has 0 spiro atoms. The van der Waals surface area contributed by atoms with Gasteiger partial charge in [-0.15, -0.1) is 11.3 Å². The molecule has 0 unspecified atom stereocenters. The Morgan fingerprint density at radius 1 is 1.60 bits per heavy atom. The summed E-state index contributed by atoms with van der Waals surface area (Å²) >= 11 is 1.79. The number of thiophene rings is 1. The van der Waals surface area contributed by atoms with Crippen LogP contribution in [0.25, 0.3) is 0 Å². The van der Waals surface area contributed by atoms with Crippen LogP contribution in [0.15, 0.2) is 11.4 Å². The maximum atomic E-state index is 9.06. The number of rotatable bonds is 4. The van der Waals surface area contributed by atoms with Gasteiger partial charge in [0.1, 0.15) is 0 Å². The van der Waals surface area contributed by atoms with Crippen molar-refractivity contribution in [3.05, 3.63) is 21.9 Å². The molecule has 1 aromatic heterocycles. The van der Waals surface area contributed by atoms with E-state index in [0.29, 0.717) is 0 Å². The first-order valence-electron chi connectivity index (χ1n) is 5.41. The predicted octanol–water partition coefficient (Wildman–Crippen LogP) is 2.84. The minimum Gasteiger partial charge on any atom is -0.310 e. The summed E-state index contributed by atoms with van der Waals surface area (Å²) in [4.78, 5) is 1.39. The minimum atomic E-state index is -0.0504. The lowest BCUT2D eigenvalue weighted by molar-refractivity contribution is 0.207. The number of hydrogen-bond acceptors (Lipinski definition) is 3. The van der Waals surface area contributed by atoms with E-state index >= 15 is 0 Å². The van der Waals surface area contributed by atoms with Gasteiger partial charge in [-0.2, -0.15) is 5.26 Å². The fraction of sp³-hybridized carbons (Fsp3) is 0.583. The molecule has 1 N–H and O–H groups in total. The second-order valence-electron chi connectivity index (χ2n) is 4.38. The van der Waals surface area contributed by atoms with E-state index in [4.69, 9.17) is 5.26 Å². The van der Waals surface area contributed by atoms with Crippen molar-refractivity contribution in [2.45, 2.75) is 32.7 Å². The predicted molar refractivity (Wildman–Crippen MR) is 62.7 cm³/mol. The summed E-state index contributed by atoms with van der Waals surface area (Å²) in [6.07, 6.45) is 3.35. The summed E-state index contributed by atoms with van der Waals surface area (Å²) in [5.74, 6) is 0. The number of nitriles is 1. The highest BCUT2D eigenvalue weighted by molar-refractivity contribution is 7.10. The normalized spacial score (nSPS) is 18.1. The monoisotopic (exact) mass is 220 g/mol. The lowest BCUT2D eigenvalue weighted by atomic mass is 9.70. The topological polar surface area (TPSA) is 35.8 Å². The first kappa shape index (κ1) is 10.7. The van der Waals surface area contributed by atoms with Crippen molar-refractivity contribution in [3.8, 4) is 6.07 Å². The molecule has 1 heterocycles. The van der Waals surface area contributed by atoms with Gasteiger partial charge in [0.25, 0.3) is 0 Å². The van der Waals surface area contributed by atoms with E-state index in [1.165, 1.54) is 16.9 Å². The van der Waals surface area contributed by atoms with Crippen molar-refractivity contribution in [1.82, 2.24) is 5.32 Å². The van der Waals surface area contributed by atoms with E-state index in [0.717, 1.165) is 25.9 Å². The van der Waals surface area contributed by atoms with E-state index < -0.39 is 0 Å². The average molecular weight is 220 g/mol. The van der Waals surface area contributed by atoms with E-state index in [1.807, 2.05) is 0 Å².